The van der Waals surface area contributed by atoms with E-state index in [9.17, 15) is 4.79 Å². The molecule has 0 spiro atoms. The summed E-state index contributed by atoms with van der Waals surface area (Å²) in [6.07, 6.45) is 6.70. The van der Waals surface area contributed by atoms with Crippen LogP contribution in [0.4, 0.5) is 5.69 Å². The Morgan fingerprint density at radius 1 is 1.15 bits per heavy atom. The molecule has 2 saturated heterocycles. The summed E-state index contributed by atoms with van der Waals surface area (Å²) in [7, 11) is 3.22. The molecule has 1 atom stereocenters. The molecule has 0 aromatic heterocycles. The lowest BCUT2D eigenvalue weighted by Crippen LogP contribution is -2.44. The van der Waals surface area contributed by atoms with Crippen LogP contribution in [0, 0.1) is 5.92 Å². The Hall–Kier alpha value is -1.40. The third kappa shape index (κ3) is 6.04. The third-order valence-electron chi connectivity index (χ3n) is 5.67. The molecule has 2 heterocycles. The smallest absolute Gasteiger partial charge is 0.224 e. The van der Waals surface area contributed by atoms with Crippen molar-refractivity contribution in [2.75, 3.05) is 44.1 Å². The third-order valence-corrected chi connectivity index (χ3v) is 6.72. The number of carbonyl (C=O) groups excluding carboxylic acids is 1. The van der Waals surface area contributed by atoms with E-state index in [1.165, 1.54) is 43.7 Å². The molecule has 1 unspecified atom stereocenters. The number of hydrogen-bond acceptors (Lipinski definition) is 5. The zero-order chi connectivity index (χ0) is 19.1. The van der Waals surface area contributed by atoms with Crippen LogP contribution in [0.25, 0.3) is 0 Å². The maximum Gasteiger partial charge on any atom is 0.224 e. The Balaban J connectivity index is 1.47. The number of hydrogen-bond donors (Lipinski definition) is 1. The summed E-state index contributed by atoms with van der Waals surface area (Å²) in [6, 6.07) is 6.22. The van der Waals surface area contributed by atoms with E-state index in [1.54, 1.807) is 20.3 Å². The van der Waals surface area contributed by atoms with Gasteiger partial charge in [-0.05, 0) is 56.1 Å². The van der Waals surface area contributed by atoms with Crippen molar-refractivity contribution in [3.05, 3.63) is 18.2 Å². The first-order valence-electron chi connectivity index (χ1n) is 10.0. The van der Waals surface area contributed by atoms with Gasteiger partial charge in [0.15, 0.2) is 0 Å². The number of thioether (sulfide) groups is 1. The number of likely N-dealkylation sites (tertiary alicyclic amines) is 1. The molecule has 6 heteroatoms. The molecule has 1 N–H and O–H groups in total. The van der Waals surface area contributed by atoms with Crippen molar-refractivity contribution >= 4 is 23.4 Å². The van der Waals surface area contributed by atoms with Crippen molar-refractivity contribution in [2.24, 2.45) is 5.92 Å². The first-order valence-corrected chi connectivity index (χ1v) is 11.2. The number of rotatable bonds is 7. The maximum absolute atomic E-state index is 12.4. The monoisotopic (exact) mass is 392 g/mol. The van der Waals surface area contributed by atoms with Gasteiger partial charge in [0, 0.05) is 42.9 Å². The lowest BCUT2D eigenvalue weighted by Gasteiger charge is -2.40. The number of ether oxygens (including phenoxy) is 2. The van der Waals surface area contributed by atoms with Crippen LogP contribution in [0.2, 0.25) is 0 Å². The Labute approximate surface area is 167 Å². The van der Waals surface area contributed by atoms with E-state index in [-0.39, 0.29) is 5.91 Å². The highest BCUT2D eigenvalue weighted by atomic mass is 32.2. The number of benzene rings is 1. The van der Waals surface area contributed by atoms with Gasteiger partial charge in [-0.1, -0.05) is 0 Å². The van der Waals surface area contributed by atoms with E-state index in [4.69, 9.17) is 9.47 Å². The molecule has 5 nitrogen and oxygen atoms in total. The summed E-state index contributed by atoms with van der Waals surface area (Å²) >= 11 is 2.09. The summed E-state index contributed by atoms with van der Waals surface area (Å²) in [5, 5.41) is 2.99. The van der Waals surface area contributed by atoms with Crippen molar-refractivity contribution in [1.29, 1.82) is 0 Å². The number of anilines is 1. The summed E-state index contributed by atoms with van der Waals surface area (Å²) in [5.74, 6) is 4.67. The Morgan fingerprint density at radius 3 is 2.52 bits per heavy atom. The molecule has 150 valence electrons. The fraction of sp³-hybridized carbons (Fsp3) is 0.667. The highest BCUT2D eigenvalue weighted by Gasteiger charge is 2.27. The molecule has 2 aliphatic heterocycles. The van der Waals surface area contributed by atoms with Crippen LogP contribution in [0.3, 0.4) is 0 Å². The highest BCUT2D eigenvalue weighted by molar-refractivity contribution is 7.99. The standard InChI is InChI=1S/C21H32N2O3S/c1-25-19-12-17(13-20(14-19)26-2)22-21(24)6-5-16-4-3-9-23(15-16)18-7-10-27-11-8-18/h12-14,16,18H,3-11,15H2,1-2H3,(H,22,24). The van der Waals surface area contributed by atoms with Crippen molar-refractivity contribution in [3.8, 4) is 11.5 Å². The van der Waals surface area contributed by atoms with Crippen molar-refractivity contribution < 1.29 is 14.3 Å². The van der Waals surface area contributed by atoms with E-state index in [0.29, 0.717) is 23.8 Å². The first kappa shape index (κ1) is 20.3. The molecule has 0 aliphatic carbocycles. The average Bonchev–Trinajstić information content (AvgIpc) is 2.72. The highest BCUT2D eigenvalue weighted by Crippen LogP contribution is 2.29. The van der Waals surface area contributed by atoms with Gasteiger partial charge < -0.3 is 19.7 Å². The van der Waals surface area contributed by atoms with Gasteiger partial charge in [-0.2, -0.15) is 11.8 Å². The number of carbonyl (C=O) groups is 1. The minimum absolute atomic E-state index is 0.0662. The van der Waals surface area contributed by atoms with Crippen LogP contribution in [-0.4, -0.2) is 55.7 Å². The molecule has 1 aromatic rings. The van der Waals surface area contributed by atoms with E-state index in [0.717, 1.165) is 24.7 Å². The van der Waals surface area contributed by atoms with Crippen molar-refractivity contribution in [3.63, 3.8) is 0 Å². The largest absolute Gasteiger partial charge is 0.497 e. The second kappa shape index (κ2) is 10.2. The zero-order valence-electron chi connectivity index (χ0n) is 16.5. The first-order chi connectivity index (χ1) is 13.2. The molecule has 3 rings (SSSR count). The number of piperidine rings is 1. The van der Waals surface area contributed by atoms with Gasteiger partial charge in [0.05, 0.1) is 14.2 Å². The second-order valence-electron chi connectivity index (χ2n) is 7.53. The lowest BCUT2D eigenvalue weighted by molar-refractivity contribution is -0.116. The molecule has 2 aliphatic rings. The predicted molar refractivity (Wildman–Crippen MR) is 112 cm³/mol. The van der Waals surface area contributed by atoms with Crippen LogP contribution in [0.5, 0.6) is 11.5 Å². The Morgan fingerprint density at radius 2 is 1.85 bits per heavy atom. The molecule has 0 saturated carbocycles. The van der Waals surface area contributed by atoms with Crippen molar-refractivity contribution in [1.82, 2.24) is 4.90 Å². The van der Waals surface area contributed by atoms with E-state index in [1.807, 2.05) is 12.1 Å². The van der Waals surface area contributed by atoms with Crippen LogP contribution < -0.4 is 14.8 Å². The number of methoxy groups -OCH3 is 2. The number of nitrogens with zero attached hydrogens (tertiary/aromatic N) is 1. The summed E-state index contributed by atoms with van der Waals surface area (Å²) in [6.45, 7) is 2.40. The number of nitrogens with one attached hydrogen (secondary N) is 1. The Bertz CT molecular complexity index is 597. The molecule has 0 bridgehead atoms. The fourth-order valence-corrected chi connectivity index (χ4v) is 5.23. The van der Waals surface area contributed by atoms with Gasteiger partial charge >= 0.3 is 0 Å². The van der Waals surface area contributed by atoms with Gasteiger partial charge in [0.1, 0.15) is 11.5 Å². The summed E-state index contributed by atoms with van der Waals surface area (Å²) in [5.41, 5.74) is 0.723. The van der Waals surface area contributed by atoms with Crippen LogP contribution >= 0.6 is 11.8 Å². The van der Waals surface area contributed by atoms with Crippen LogP contribution in [0.1, 0.15) is 38.5 Å². The normalized spacial score (nSPS) is 21.6. The van der Waals surface area contributed by atoms with E-state index in [2.05, 4.69) is 22.0 Å². The molecule has 27 heavy (non-hydrogen) atoms. The topological polar surface area (TPSA) is 50.8 Å². The number of amides is 1. The summed E-state index contributed by atoms with van der Waals surface area (Å²) < 4.78 is 10.5. The summed E-state index contributed by atoms with van der Waals surface area (Å²) in [4.78, 5) is 15.1. The quantitative estimate of drug-likeness (QED) is 0.759. The van der Waals surface area contributed by atoms with Crippen LogP contribution in [0.15, 0.2) is 18.2 Å². The van der Waals surface area contributed by atoms with Gasteiger partial charge in [0.2, 0.25) is 5.91 Å². The lowest BCUT2D eigenvalue weighted by atomic mass is 9.91. The second-order valence-corrected chi connectivity index (χ2v) is 8.76. The van der Waals surface area contributed by atoms with Gasteiger partial charge in [0.25, 0.3) is 0 Å². The molecule has 2 fully saturated rings. The van der Waals surface area contributed by atoms with Gasteiger partial charge in [-0.15, -0.1) is 0 Å². The maximum atomic E-state index is 12.4. The van der Waals surface area contributed by atoms with Crippen LogP contribution in [-0.2, 0) is 4.79 Å². The minimum atomic E-state index is 0.0662. The van der Waals surface area contributed by atoms with Crippen molar-refractivity contribution in [2.45, 2.75) is 44.6 Å². The van der Waals surface area contributed by atoms with Gasteiger partial charge in [-0.25, -0.2) is 0 Å². The predicted octanol–water partition coefficient (Wildman–Crippen LogP) is 4.03. The van der Waals surface area contributed by atoms with E-state index >= 15 is 0 Å². The molecule has 0 radical (unpaired) electrons. The SMILES string of the molecule is COc1cc(NC(=O)CCC2CCCN(C3CCSCC3)C2)cc(OC)c1. The molecule has 1 aromatic carbocycles. The average molecular weight is 393 g/mol. The molecular formula is C21H32N2O3S. The Kier molecular flexibility index (Phi) is 7.70. The molecule has 1 amide bonds. The molecular weight excluding hydrogens is 360 g/mol. The fourth-order valence-electron chi connectivity index (χ4n) is 4.15. The minimum Gasteiger partial charge on any atom is -0.497 e. The zero-order valence-corrected chi connectivity index (χ0v) is 17.4. The van der Waals surface area contributed by atoms with Gasteiger partial charge in [-0.3, -0.25) is 4.79 Å². The van der Waals surface area contributed by atoms with E-state index < -0.39 is 0 Å².